The van der Waals surface area contributed by atoms with Crippen molar-refractivity contribution in [2.45, 2.75) is 0 Å². The Balaban J connectivity index is 2.65. The molecular formula is C6H10N2O. The third-order valence-electron chi connectivity index (χ3n) is 1.20. The molecule has 0 saturated carbocycles. The molecule has 0 saturated heterocycles. The van der Waals surface area contributed by atoms with E-state index in [0.717, 1.165) is 5.82 Å². The Kier molecular flexibility index (Phi) is 1.75. The molecule has 0 atom stereocenters. The lowest BCUT2D eigenvalue weighted by Gasteiger charge is -2.11. The number of nitrogens with zero attached hydrogens (tertiary/aromatic N) is 1. The molecule has 0 bridgehead atoms. The topological polar surface area (TPSA) is 39.3 Å². The summed E-state index contributed by atoms with van der Waals surface area (Å²) in [6, 6.07) is 3.79. The summed E-state index contributed by atoms with van der Waals surface area (Å²) < 4.78 is 0. The molecule has 3 heteroatoms. The molecule has 0 aromatic carbocycles. The molecule has 0 radical (unpaired) electrons. The van der Waals surface area contributed by atoms with Gasteiger partial charge in [-0.1, -0.05) is 0 Å². The summed E-state index contributed by atoms with van der Waals surface area (Å²) in [5.74, 6) is 0.928. The van der Waals surface area contributed by atoms with Crippen molar-refractivity contribution >= 4 is 5.82 Å². The highest BCUT2D eigenvalue weighted by atomic mass is 16.3. The summed E-state index contributed by atoms with van der Waals surface area (Å²) in [4.78, 5) is 4.66. The second-order valence-corrected chi connectivity index (χ2v) is 1.89. The van der Waals surface area contributed by atoms with Crippen molar-refractivity contribution in [1.29, 1.82) is 0 Å². The molecule has 0 aliphatic heterocycles. The fraction of sp³-hybridized carbons (Fsp3) is 0.333. The first kappa shape index (κ1) is 6.16. The van der Waals surface area contributed by atoms with Gasteiger partial charge in [-0.15, -0.1) is 0 Å². The van der Waals surface area contributed by atoms with Crippen LogP contribution in [0, 0.1) is 0 Å². The molecule has 50 valence electrons. The Morgan fingerprint density at radius 1 is 1.78 bits per heavy atom. The average molecular weight is 126 g/mol. The first-order chi connectivity index (χ1) is 4.34. The van der Waals surface area contributed by atoms with Crippen molar-refractivity contribution in [2.24, 2.45) is 0 Å². The smallest absolute Gasteiger partial charge is 0.116 e. The van der Waals surface area contributed by atoms with E-state index in [4.69, 9.17) is 5.11 Å². The van der Waals surface area contributed by atoms with Gasteiger partial charge >= 0.3 is 0 Å². The molecule has 2 N–H and O–H groups in total. The number of rotatable bonds is 2. The van der Waals surface area contributed by atoms with Crippen LogP contribution in [0.25, 0.3) is 0 Å². The average Bonchev–Trinajstić information content (AvgIpc) is 2.37. The van der Waals surface area contributed by atoms with Crippen molar-refractivity contribution in [3.8, 4) is 0 Å². The lowest BCUT2D eigenvalue weighted by Crippen LogP contribution is -2.17. The molecule has 0 fully saturated rings. The maximum absolute atomic E-state index is 8.61. The van der Waals surface area contributed by atoms with E-state index in [1.54, 1.807) is 4.90 Å². The van der Waals surface area contributed by atoms with Crippen molar-refractivity contribution < 1.29 is 5.11 Å². The highest BCUT2D eigenvalue weighted by Gasteiger charge is 1.94. The number of nitrogens with one attached hydrogen (secondary N) is 1. The number of aliphatic hydroxyl groups excluding tert-OH is 1. The summed E-state index contributed by atoms with van der Waals surface area (Å²) in [5, 5.41) is 8.61. The van der Waals surface area contributed by atoms with Crippen molar-refractivity contribution in [1.82, 2.24) is 4.98 Å². The van der Waals surface area contributed by atoms with Crippen LogP contribution >= 0.6 is 0 Å². The van der Waals surface area contributed by atoms with Crippen LogP contribution in [0.4, 0.5) is 5.82 Å². The number of hydrogen-bond donors (Lipinski definition) is 2. The predicted molar refractivity (Wildman–Crippen MR) is 36.3 cm³/mol. The van der Waals surface area contributed by atoms with Crippen LogP contribution in [0.3, 0.4) is 0 Å². The minimum absolute atomic E-state index is 0.0422. The van der Waals surface area contributed by atoms with Crippen LogP contribution in [-0.4, -0.2) is 23.9 Å². The van der Waals surface area contributed by atoms with Gasteiger partial charge in [0.2, 0.25) is 0 Å². The molecule has 0 aliphatic carbocycles. The van der Waals surface area contributed by atoms with Crippen molar-refractivity contribution in [3.05, 3.63) is 18.3 Å². The molecular weight excluding hydrogens is 116 g/mol. The van der Waals surface area contributed by atoms with Gasteiger partial charge in [0.25, 0.3) is 0 Å². The van der Waals surface area contributed by atoms with E-state index in [1.165, 1.54) is 0 Å². The third-order valence-corrected chi connectivity index (χ3v) is 1.20. The standard InChI is InChI=1S/C6H10N2O/c1-8(5-9)6-3-2-4-7-6/h2-4,7,9H,5H2,1H3. The number of hydrogen-bond acceptors (Lipinski definition) is 2. The Bertz CT molecular complexity index is 160. The monoisotopic (exact) mass is 126 g/mol. The predicted octanol–water partition coefficient (Wildman–Crippen LogP) is 0.401. The van der Waals surface area contributed by atoms with Crippen LogP contribution in [0.15, 0.2) is 18.3 Å². The summed E-state index contributed by atoms with van der Waals surface area (Å²) in [6.07, 6.45) is 1.82. The van der Waals surface area contributed by atoms with Gasteiger partial charge in [0.15, 0.2) is 0 Å². The SMILES string of the molecule is CN(CO)c1ccc[nH]1. The van der Waals surface area contributed by atoms with Gasteiger partial charge in [0, 0.05) is 13.2 Å². The molecule has 0 spiro atoms. The van der Waals surface area contributed by atoms with Gasteiger partial charge in [-0.2, -0.15) is 0 Å². The minimum atomic E-state index is 0.0422. The highest BCUT2D eigenvalue weighted by Crippen LogP contribution is 2.05. The van der Waals surface area contributed by atoms with Crippen LogP contribution < -0.4 is 4.90 Å². The number of H-pyrrole nitrogens is 1. The molecule has 1 aromatic rings. The van der Waals surface area contributed by atoms with E-state index in [9.17, 15) is 0 Å². The van der Waals surface area contributed by atoms with Crippen LogP contribution in [0.1, 0.15) is 0 Å². The molecule has 1 heterocycles. The molecule has 0 amide bonds. The van der Waals surface area contributed by atoms with Gasteiger partial charge in [0.05, 0.1) is 0 Å². The molecule has 1 rings (SSSR count). The number of aromatic amines is 1. The van der Waals surface area contributed by atoms with E-state index in [2.05, 4.69) is 4.98 Å². The first-order valence-corrected chi connectivity index (χ1v) is 2.80. The molecule has 9 heavy (non-hydrogen) atoms. The Morgan fingerprint density at radius 2 is 2.56 bits per heavy atom. The van der Waals surface area contributed by atoms with Gasteiger partial charge in [-0.05, 0) is 12.1 Å². The van der Waals surface area contributed by atoms with Gasteiger partial charge in [0.1, 0.15) is 12.5 Å². The summed E-state index contributed by atoms with van der Waals surface area (Å²) in [6.45, 7) is 0.0422. The maximum atomic E-state index is 8.61. The molecule has 3 nitrogen and oxygen atoms in total. The van der Waals surface area contributed by atoms with E-state index < -0.39 is 0 Å². The number of aliphatic hydroxyl groups is 1. The Morgan fingerprint density at radius 3 is 3.00 bits per heavy atom. The summed E-state index contributed by atoms with van der Waals surface area (Å²) in [7, 11) is 1.81. The van der Waals surface area contributed by atoms with E-state index >= 15 is 0 Å². The normalized spacial score (nSPS) is 9.56. The van der Waals surface area contributed by atoms with Gasteiger partial charge in [-0.3, -0.25) is 0 Å². The summed E-state index contributed by atoms with van der Waals surface area (Å²) >= 11 is 0. The van der Waals surface area contributed by atoms with Crippen LogP contribution in [0.5, 0.6) is 0 Å². The molecule has 0 aliphatic rings. The van der Waals surface area contributed by atoms with E-state index in [-0.39, 0.29) is 6.73 Å². The lowest BCUT2D eigenvalue weighted by molar-refractivity contribution is 0.298. The van der Waals surface area contributed by atoms with Crippen molar-refractivity contribution in [2.75, 3.05) is 18.7 Å². The maximum Gasteiger partial charge on any atom is 0.116 e. The largest absolute Gasteiger partial charge is 0.376 e. The highest BCUT2D eigenvalue weighted by molar-refractivity contribution is 5.36. The van der Waals surface area contributed by atoms with Gasteiger partial charge in [-0.25, -0.2) is 0 Å². The number of aromatic nitrogens is 1. The van der Waals surface area contributed by atoms with E-state index in [0.29, 0.717) is 0 Å². The van der Waals surface area contributed by atoms with Gasteiger partial charge < -0.3 is 15.0 Å². The first-order valence-electron chi connectivity index (χ1n) is 2.80. The fourth-order valence-corrected chi connectivity index (χ4v) is 0.634. The lowest BCUT2D eigenvalue weighted by atomic mass is 10.6. The molecule has 0 unspecified atom stereocenters. The Labute approximate surface area is 53.9 Å². The van der Waals surface area contributed by atoms with Crippen molar-refractivity contribution in [3.63, 3.8) is 0 Å². The number of anilines is 1. The van der Waals surface area contributed by atoms with Crippen LogP contribution in [0.2, 0.25) is 0 Å². The second kappa shape index (κ2) is 2.55. The van der Waals surface area contributed by atoms with E-state index in [1.807, 2.05) is 25.4 Å². The summed E-state index contributed by atoms with van der Waals surface area (Å²) in [5.41, 5.74) is 0. The quantitative estimate of drug-likeness (QED) is 0.563. The zero-order valence-electron chi connectivity index (χ0n) is 5.33. The van der Waals surface area contributed by atoms with Crippen LogP contribution in [-0.2, 0) is 0 Å². The molecule has 1 aromatic heterocycles. The fourth-order valence-electron chi connectivity index (χ4n) is 0.634. The third kappa shape index (κ3) is 1.23. The Hall–Kier alpha value is -0.960. The second-order valence-electron chi connectivity index (χ2n) is 1.89. The minimum Gasteiger partial charge on any atom is -0.376 e. The zero-order chi connectivity index (χ0) is 6.69. The zero-order valence-corrected chi connectivity index (χ0v) is 5.33.